The standard InChI is InChI=1S/C21H29N3O2/c1-4-10-23(11-5-2)20(25)17-22-12-7-13-24(15-14-22)21(26)19-9-6-8-18(3)16-19/h4-6,8-9,16H,1-2,7,10-15,17H2,3H3. The van der Waals surface area contributed by atoms with E-state index in [-0.39, 0.29) is 11.8 Å². The average molecular weight is 355 g/mol. The van der Waals surface area contributed by atoms with E-state index in [9.17, 15) is 9.59 Å². The fourth-order valence-corrected chi connectivity index (χ4v) is 3.17. The number of benzene rings is 1. The zero-order valence-corrected chi connectivity index (χ0v) is 15.7. The summed E-state index contributed by atoms with van der Waals surface area (Å²) in [5.41, 5.74) is 1.82. The summed E-state index contributed by atoms with van der Waals surface area (Å²) >= 11 is 0. The minimum absolute atomic E-state index is 0.0711. The molecule has 1 aromatic rings. The summed E-state index contributed by atoms with van der Waals surface area (Å²) in [6.45, 7) is 13.7. The fraction of sp³-hybridized carbons (Fsp3) is 0.429. The molecule has 140 valence electrons. The van der Waals surface area contributed by atoms with Gasteiger partial charge in [0.1, 0.15) is 0 Å². The second kappa shape index (κ2) is 9.92. The van der Waals surface area contributed by atoms with Crippen LogP contribution in [-0.4, -0.2) is 72.3 Å². The van der Waals surface area contributed by atoms with Gasteiger partial charge in [-0.3, -0.25) is 14.5 Å². The smallest absolute Gasteiger partial charge is 0.253 e. The Morgan fingerprint density at radius 3 is 2.50 bits per heavy atom. The van der Waals surface area contributed by atoms with Crippen molar-refractivity contribution in [1.82, 2.24) is 14.7 Å². The first-order chi connectivity index (χ1) is 12.5. The van der Waals surface area contributed by atoms with Crippen LogP contribution < -0.4 is 0 Å². The molecule has 1 aromatic carbocycles. The Morgan fingerprint density at radius 2 is 1.85 bits per heavy atom. The van der Waals surface area contributed by atoms with Crippen molar-refractivity contribution >= 4 is 11.8 Å². The SMILES string of the molecule is C=CCN(CC=C)C(=O)CN1CCCN(C(=O)c2cccc(C)c2)CC1. The maximum absolute atomic E-state index is 12.7. The molecular weight excluding hydrogens is 326 g/mol. The van der Waals surface area contributed by atoms with E-state index < -0.39 is 0 Å². The molecule has 1 aliphatic heterocycles. The number of aryl methyl sites for hydroxylation is 1. The number of rotatable bonds is 7. The van der Waals surface area contributed by atoms with Crippen molar-refractivity contribution in [3.8, 4) is 0 Å². The van der Waals surface area contributed by atoms with Crippen molar-refractivity contribution in [3.05, 3.63) is 60.7 Å². The third-order valence-corrected chi connectivity index (χ3v) is 4.55. The zero-order valence-electron chi connectivity index (χ0n) is 15.7. The monoisotopic (exact) mass is 355 g/mol. The summed E-state index contributed by atoms with van der Waals surface area (Å²) in [6.07, 6.45) is 4.33. The number of hydrogen-bond donors (Lipinski definition) is 0. The van der Waals surface area contributed by atoms with Gasteiger partial charge in [0, 0.05) is 44.8 Å². The van der Waals surface area contributed by atoms with Crippen LogP contribution in [0.15, 0.2) is 49.6 Å². The highest BCUT2D eigenvalue weighted by atomic mass is 16.2. The van der Waals surface area contributed by atoms with Crippen LogP contribution in [0.1, 0.15) is 22.3 Å². The lowest BCUT2D eigenvalue weighted by molar-refractivity contribution is -0.131. The van der Waals surface area contributed by atoms with Gasteiger partial charge in [-0.05, 0) is 25.5 Å². The first-order valence-corrected chi connectivity index (χ1v) is 9.13. The highest BCUT2D eigenvalue weighted by Crippen LogP contribution is 2.11. The molecule has 0 aromatic heterocycles. The molecule has 2 rings (SSSR count). The summed E-state index contributed by atoms with van der Waals surface area (Å²) in [6, 6.07) is 7.70. The van der Waals surface area contributed by atoms with E-state index in [1.807, 2.05) is 36.1 Å². The molecule has 1 aliphatic rings. The average Bonchev–Trinajstić information content (AvgIpc) is 2.86. The predicted octanol–water partition coefficient (Wildman–Crippen LogP) is 2.34. The van der Waals surface area contributed by atoms with Crippen molar-refractivity contribution in [2.45, 2.75) is 13.3 Å². The summed E-state index contributed by atoms with van der Waals surface area (Å²) in [5.74, 6) is 0.144. The molecule has 5 heteroatoms. The fourth-order valence-electron chi connectivity index (χ4n) is 3.17. The van der Waals surface area contributed by atoms with Crippen molar-refractivity contribution in [1.29, 1.82) is 0 Å². The minimum atomic E-state index is 0.0711. The van der Waals surface area contributed by atoms with Crippen molar-refractivity contribution < 1.29 is 9.59 Å². The lowest BCUT2D eigenvalue weighted by atomic mass is 10.1. The van der Waals surface area contributed by atoms with Gasteiger partial charge >= 0.3 is 0 Å². The summed E-state index contributed by atoms with van der Waals surface area (Å²) in [5, 5.41) is 0. The highest BCUT2D eigenvalue weighted by molar-refractivity contribution is 5.94. The van der Waals surface area contributed by atoms with E-state index in [2.05, 4.69) is 18.1 Å². The van der Waals surface area contributed by atoms with E-state index in [0.29, 0.717) is 32.7 Å². The van der Waals surface area contributed by atoms with Gasteiger partial charge in [-0.2, -0.15) is 0 Å². The van der Waals surface area contributed by atoms with Gasteiger partial charge < -0.3 is 9.80 Å². The molecule has 2 amide bonds. The maximum Gasteiger partial charge on any atom is 0.253 e. The molecule has 0 atom stereocenters. The van der Waals surface area contributed by atoms with Crippen LogP contribution in [0.2, 0.25) is 0 Å². The third-order valence-electron chi connectivity index (χ3n) is 4.55. The summed E-state index contributed by atoms with van der Waals surface area (Å²) in [7, 11) is 0. The second-order valence-corrected chi connectivity index (χ2v) is 6.67. The lowest BCUT2D eigenvalue weighted by Gasteiger charge is -2.25. The van der Waals surface area contributed by atoms with Crippen molar-refractivity contribution in [3.63, 3.8) is 0 Å². The van der Waals surface area contributed by atoms with Crippen LogP contribution in [-0.2, 0) is 4.79 Å². The number of nitrogens with zero attached hydrogens (tertiary/aromatic N) is 3. The van der Waals surface area contributed by atoms with Crippen LogP contribution in [0.4, 0.5) is 0 Å². The normalized spacial score (nSPS) is 15.2. The molecule has 0 spiro atoms. The number of hydrogen-bond acceptors (Lipinski definition) is 3. The molecule has 1 saturated heterocycles. The molecular formula is C21H29N3O2. The van der Waals surface area contributed by atoms with Crippen LogP contribution in [0, 0.1) is 6.92 Å². The van der Waals surface area contributed by atoms with E-state index in [4.69, 9.17) is 0 Å². The van der Waals surface area contributed by atoms with Gasteiger partial charge in [-0.25, -0.2) is 0 Å². The topological polar surface area (TPSA) is 43.9 Å². The third kappa shape index (κ3) is 5.56. The number of carbonyl (C=O) groups excluding carboxylic acids is 2. The van der Waals surface area contributed by atoms with Gasteiger partial charge in [0.15, 0.2) is 0 Å². The summed E-state index contributed by atoms with van der Waals surface area (Å²) < 4.78 is 0. The molecule has 5 nitrogen and oxygen atoms in total. The molecule has 0 unspecified atom stereocenters. The number of amides is 2. The highest BCUT2D eigenvalue weighted by Gasteiger charge is 2.22. The van der Waals surface area contributed by atoms with Crippen LogP contribution in [0.3, 0.4) is 0 Å². The van der Waals surface area contributed by atoms with Gasteiger partial charge in [-0.1, -0.05) is 29.8 Å². The quantitative estimate of drug-likeness (QED) is 0.705. The molecule has 0 aliphatic carbocycles. The molecule has 0 bridgehead atoms. The Labute approximate surface area is 156 Å². The van der Waals surface area contributed by atoms with Crippen LogP contribution >= 0.6 is 0 Å². The molecule has 1 fully saturated rings. The first-order valence-electron chi connectivity index (χ1n) is 9.13. The lowest BCUT2D eigenvalue weighted by Crippen LogP contribution is -2.42. The second-order valence-electron chi connectivity index (χ2n) is 6.67. The van der Waals surface area contributed by atoms with Crippen LogP contribution in [0.5, 0.6) is 0 Å². The first kappa shape index (κ1) is 19.9. The Morgan fingerprint density at radius 1 is 1.12 bits per heavy atom. The van der Waals surface area contributed by atoms with E-state index in [1.54, 1.807) is 17.1 Å². The van der Waals surface area contributed by atoms with Gasteiger partial charge in [0.25, 0.3) is 5.91 Å². The van der Waals surface area contributed by atoms with Crippen LogP contribution in [0.25, 0.3) is 0 Å². The van der Waals surface area contributed by atoms with Crippen molar-refractivity contribution in [2.75, 3.05) is 45.8 Å². The minimum Gasteiger partial charge on any atom is -0.337 e. The molecule has 1 heterocycles. The predicted molar refractivity (Wildman–Crippen MR) is 105 cm³/mol. The largest absolute Gasteiger partial charge is 0.337 e. The Kier molecular flexibility index (Phi) is 7.60. The molecule has 0 radical (unpaired) electrons. The van der Waals surface area contributed by atoms with E-state index >= 15 is 0 Å². The molecule has 26 heavy (non-hydrogen) atoms. The summed E-state index contributed by atoms with van der Waals surface area (Å²) in [4.78, 5) is 31.0. The number of carbonyl (C=O) groups is 2. The maximum atomic E-state index is 12.7. The zero-order chi connectivity index (χ0) is 18.9. The Balaban J connectivity index is 1.93. The van der Waals surface area contributed by atoms with Gasteiger partial charge in [0.2, 0.25) is 5.91 Å². The van der Waals surface area contributed by atoms with Gasteiger partial charge in [-0.15, -0.1) is 13.2 Å². The molecule has 0 N–H and O–H groups in total. The van der Waals surface area contributed by atoms with Crippen molar-refractivity contribution in [2.24, 2.45) is 0 Å². The Bertz CT molecular complexity index is 646. The van der Waals surface area contributed by atoms with E-state index in [0.717, 1.165) is 30.6 Å². The van der Waals surface area contributed by atoms with E-state index in [1.165, 1.54) is 0 Å². The van der Waals surface area contributed by atoms with Gasteiger partial charge in [0.05, 0.1) is 6.54 Å². The molecule has 0 saturated carbocycles. The Hall–Kier alpha value is -2.40.